The predicted octanol–water partition coefficient (Wildman–Crippen LogP) is 3.74. The van der Waals surface area contributed by atoms with Gasteiger partial charge in [0.1, 0.15) is 5.69 Å². The predicted molar refractivity (Wildman–Crippen MR) is 97.7 cm³/mol. The summed E-state index contributed by atoms with van der Waals surface area (Å²) in [5.74, 6) is -3.29. The molecule has 0 bridgehead atoms. The number of nitrogens with one attached hydrogen (secondary N) is 2. The van der Waals surface area contributed by atoms with Crippen molar-refractivity contribution in [3.05, 3.63) is 89.2 Å². The fraction of sp³-hybridized carbons (Fsp3) is 0. The van der Waals surface area contributed by atoms with Crippen molar-refractivity contribution in [2.75, 3.05) is 10.6 Å². The lowest BCUT2D eigenvalue weighted by Gasteiger charge is -2.08. The van der Waals surface area contributed by atoms with Crippen molar-refractivity contribution in [2.24, 2.45) is 0 Å². The maximum absolute atomic E-state index is 13.2. The highest BCUT2D eigenvalue weighted by atomic mass is 19.2. The number of aromatic nitrogens is 1. The van der Waals surface area contributed by atoms with Crippen LogP contribution in [-0.2, 0) is 0 Å². The Balaban J connectivity index is 1.73. The van der Waals surface area contributed by atoms with Gasteiger partial charge in [-0.1, -0.05) is 0 Å². The fourth-order valence-corrected chi connectivity index (χ4v) is 2.30. The Bertz CT molecular complexity index is 1090. The molecule has 0 radical (unpaired) electrons. The van der Waals surface area contributed by atoms with E-state index in [0.29, 0.717) is 11.3 Å². The van der Waals surface area contributed by atoms with Crippen molar-refractivity contribution in [1.29, 1.82) is 5.26 Å². The van der Waals surface area contributed by atoms with E-state index in [1.54, 1.807) is 24.3 Å². The first-order valence-electron chi connectivity index (χ1n) is 8.00. The molecule has 2 aromatic carbocycles. The minimum absolute atomic E-state index is 0.0538. The molecule has 1 heterocycles. The third-order valence-electron chi connectivity index (χ3n) is 3.70. The molecule has 0 unspecified atom stereocenters. The highest BCUT2D eigenvalue weighted by Crippen LogP contribution is 2.15. The molecule has 6 nitrogen and oxygen atoms in total. The zero-order valence-electron chi connectivity index (χ0n) is 14.2. The normalized spacial score (nSPS) is 10.0. The first kappa shape index (κ1) is 18.7. The zero-order valence-corrected chi connectivity index (χ0v) is 14.2. The van der Waals surface area contributed by atoms with Gasteiger partial charge >= 0.3 is 0 Å². The molecule has 138 valence electrons. The maximum Gasteiger partial charge on any atom is 0.274 e. The van der Waals surface area contributed by atoms with Gasteiger partial charge in [0, 0.05) is 29.2 Å². The largest absolute Gasteiger partial charge is 0.322 e. The minimum Gasteiger partial charge on any atom is -0.322 e. The van der Waals surface area contributed by atoms with Crippen LogP contribution in [0.3, 0.4) is 0 Å². The Morgan fingerprint density at radius 2 is 1.54 bits per heavy atom. The van der Waals surface area contributed by atoms with E-state index in [9.17, 15) is 18.4 Å². The third kappa shape index (κ3) is 4.34. The van der Waals surface area contributed by atoms with E-state index >= 15 is 0 Å². The number of nitriles is 1. The number of pyridine rings is 1. The molecule has 0 aliphatic heterocycles. The van der Waals surface area contributed by atoms with Crippen molar-refractivity contribution in [3.8, 4) is 6.07 Å². The van der Waals surface area contributed by atoms with Gasteiger partial charge in [-0.3, -0.25) is 14.6 Å². The van der Waals surface area contributed by atoms with E-state index in [0.717, 1.165) is 12.1 Å². The number of hydrogen-bond donors (Lipinski definition) is 2. The molecule has 3 rings (SSSR count). The summed E-state index contributed by atoms with van der Waals surface area (Å²) in [5.41, 5.74) is 1.09. The molecule has 8 heteroatoms. The SMILES string of the molecule is N#Cc1ccc(NC(=O)c2ccnc(C(=O)Nc3ccc(F)c(F)c3)c2)cc1. The first-order chi connectivity index (χ1) is 13.5. The second kappa shape index (κ2) is 8.05. The van der Waals surface area contributed by atoms with Gasteiger partial charge in [-0.05, 0) is 48.5 Å². The van der Waals surface area contributed by atoms with E-state index < -0.39 is 23.4 Å². The van der Waals surface area contributed by atoms with Crippen LogP contribution in [0, 0.1) is 23.0 Å². The van der Waals surface area contributed by atoms with Crippen LogP contribution >= 0.6 is 0 Å². The summed E-state index contributed by atoms with van der Waals surface area (Å²) in [4.78, 5) is 28.5. The number of nitrogens with zero attached hydrogens (tertiary/aromatic N) is 2. The van der Waals surface area contributed by atoms with Gasteiger partial charge < -0.3 is 10.6 Å². The van der Waals surface area contributed by atoms with Gasteiger partial charge in [0.15, 0.2) is 11.6 Å². The average Bonchev–Trinajstić information content (AvgIpc) is 2.71. The molecule has 28 heavy (non-hydrogen) atoms. The molecule has 0 atom stereocenters. The van der Waals surface area contributed by atoms with Crippen LogP contribution in [0.2, 0.25) is 0 Å². The van der Waals surface area contributed by atoms with E-state index in [-0.39, 0.29) is 16.9 Å². The summed E-state index contributed by atoms with van der Waals surface area (Å²) >= 11 is 0. The van der Waals surface area contributed by atoms with E-state index in [2.05, 4.69) is 15.6 Å². The molecule has 0 saturated heterocycles. The second-order valence-corrected chi connectivity index (χ2v) is 5.66. The zero-order chi connectivity index (χ0) is 20.1. The Kier molecular flexibility index (Phi) is 5.37. The van der Waals surface area contributed by atoms with E-state index in [1.165, 1.54) is 24.4 Å². The van der Waals surface area contributed by atoms with Crippen molar-refractivity contribution >= 4 is 23.2 Å². The number of rotatable bonds is 4. The lowest BCUT2D eigenvalue weighted by atomic mass is 10.2. The summed E-state index contributed by atoms with van der Waals surface area (Å²) in [6, 6.07) is 13.9. The molecule has 0 aliphatic carbocycles. The van der Waals surface area contributed by atoms with Crippen LogP contribution in [0.1, 0.15) is 26.4 Å². The van der Waals surface area contributed by atoms with Gasteiger partial charge in [-0.15, -0.1) is 0 Å². The Morgan fingerprint density at radius 3 is 2.21 bits per heavy atom. The Labute approximate surface area is 158 Å². The van der Waals surface area contributed by atoms with Gasteiger partial charge in [0.05, 0.1) is 11.6 Å². The summed E-state index contributed by atoms with van der Waals surface area (Å²) in [6.07, 6.45) is 1.29. The van der Waals surface area contributed by atoms with Crippen molar-refractivity contribution in [1.82, 2.24) is 4.98 Å². The minimum atomic E-state index is -1.10. The topological polar surface area (TPSA) is 94.9 Å². The number of carbonyl (C=O) groups is 2. The molecule has 0 saturated carbocycles. The molecule has 0 fully saturated rings. The molecule has 0 spiro atoms. The Morgan fingerprint density at radius 1 is 0.857 bits per heavy atom. The van der Waals surface area contributed by atoms with Gasteiger partial charge in [-0.2, -0.15) is 5.26 Å². The fourth-order valence-electron chi connectivity index (χ4n) is 2.30. The van der Waals surface area contributed by atoms with E-state index in [4.69, 9.17) is 5.26 Å². The summed E-state index contributed by atoms with van der Waals surface area (Å²) < 4.78 is 26.2. The smallest absolute Gasteiger partial charge is 0.274 e. The molecular formula is C20H12F2N4O2. The molecule has 3 aromatic rings. The molecule has 2 amide bonds. The lowest BCUT2D eigenvalue weighted by Crippen LogP contribution is -2.17. The van der Waals surface area contributed by atoms with Crippen molar-refractivity contribution < 1.29 is 18.4 Å². The monoisotopic (exact) mass is 378 g/mol. The Hall–Kier alpha value is -4.12. The second-order valence-electron chi connectivity index (χ2n) is 5.66. The quantitative estimate of drug-likeness (QED) is 0.723. The maximum atomic E-state index is 13.2. The summed E-state index contributed by atoms with van der Waals surface area (Å²) in [6.45, 7) is 0. The number of benzene rings is 2. The lowest BCUT2D eigenvalue weighted by molar-refractivity contribution is 0.102. The van der Waals surface area contributed by atoms with Crippen molar-refractivity contribution in [2.45, 2.75) is 0 Å². The molecular weight excluding hydrogens is 366 g/mol. The van der Waals surface area contributed by atoms with Crippen LogP contribution in [0.15, 0.2) is 60.8 Å². The van der Waals surface area contributed by atoms with Crippen LogP contribution in [-0.4, -0.2) is 16.8 Å². The van der Waals surface area contributed by atoms with Crippen molar-refractivity contribution in [3.63, 3.8) is 0 Å². The number of carbonyl (C=O) groups excluding carboxylic acids is 2. The third-order valence-corrected chi connectivity index (χ3v) is 3.70. The molecule has 0 aliphatic rings. The number of halogens is 2. The standard InChI is InChI=1S/C20H12F2N4O2/c21-16-6-5-15(10-17(16)22)26-20(28)18-9-13(7-8-24-18)19(27)25-14-3-1-12(11-23)2-4-14/h1-10H,(H,25,27)(H,26,28). The number of anilines is 2. The van der Waals surface area contributed by atoms with Crippen LogP contribution in [0.5, 0.6) is 0 Å². The van der Waals surface area contributed by atoms with Gasteiger partial charge in [-0.25, -0.2) is 8.78 Å². The van der Waals surface area contributed by atoms with Crippen LogP contribution in [0.25, 0.3) is 0 Å². The highest BCUT2D eigenvalue weighted by molar-refractivity contribution is 6.07. The average molecular weight is 378 g/mol. The summed E-state index contributed by atoms with van der Waals surface area (Å²) in [5, 5.41) is 13.8. The van der Waals surface area contributed by atoms with Gasteiger partial charge in [0.25, 0.3) is 11.8 Å². The highest BCUT2D eigenvalue weighted by Gasteiger charge is 2.13. The van der Waals surface area contributed by atoms with Gasteiger partial charge in [0.2, 0.25) is 0 Å². The van der Waals surface area contributed by atoms with Crippen LogP contribution < -0.4 is 10.6 Å². The number of amides is 2. The molecule has 2 N–H and O–H groups in total. The first-order valence-corrected chi connectivity index (χ1v) is 8.00. The summed E-state index contributed by atoms with van der Waals surface area (Å²) in [7, 11) is 0. The van der Waals surface area contributed by atoms with Crippen LogP contribution in [0.4, 0.5) is 20.2 Å². The van der Waals surface area contributed by atoms with E-state index in [1.807, 2.05) is 6.07 Å². The molecule has 1 aromatic heterocycles. The number of hydrogen-bond acceptors (Lipinski definition) is 4.